The quantitative estimate of drug-likeness (QED) is 0.325. The Labute approximate surface area is 54.3 Å². The normalized spacial score (nSPS) is 8.62. The summed E-state index contributed by atoms with van der Waals surface area (Å²) in [5.74, 6) is 0. The van der Waals surface area contributed by atoms with Crippen LogP contribution in [0.25, 0.3) is 0 Å². The summed E-state index contributed by atoms with van der Waals surface area (Å²) in [6.07, 6.45) is 3.94. The first kappa shape index (κ1) is 7.70. The maximum Gasteiger partial charge on any atom is 0.221 e. The first-order valence-electron chi connectivity index (χ1n) is 2.56. The Morgan fingerprint density at radius 2 is 2.38 bits per heavy atom. The topological polar surface area (TPSA) is 17.1 Å². The standard InChI is InChI=1S/C6H9ClO/c1-2-3-4-5-6(7)8/h2H,1,3-5H2. The van der Waals surface area contributed by atoms with Crippen LogP contribution in [-0.4, -0.2) is 5.24 Å². The van der Waals surface area contributed by atoms with Crippen LogP contribution in [-0.2, 0) is 4.79 Å². The minimum atomic E-state index is -0.258. The fourth-order valence-corrected chi connectivity index (χ4v) is 0.519. The summed E-state index contributed by atoms with van der Waals surface area (Å²) < 4.78 is 0. The van der Waals surface area contributed by atoms with Gasteiger partial charge in [0.15, 0.2) is 0 Å². The van der Waals surface area contributed by atoms with Crippen molar-refractivity contribution in [1.29, 1.82) is 0 Å². The van der Waals surface area contributed by atoms with Gasteiger partial charge in [0.05, 0.1) is 0 Å². The molecule has 0 rings (SSSR count). The highest BCUT2D eigenvalue weighted by molar-refractivity contribution is 6.63. The molecule has 0 aromatic carbocycles. The van der Waals surface area contributed by atoms with Crippen molar-refractivity contribution in [3.8, 4) is 0 Å². The Balaban J connectivity index is 2.93. The summed E-state index contributed by atoms with van der Waals surface area (Å²) in [6.45, 7) is 3.50. The monoisotopic (exact) mass is 132 g/mol. The minimum Gasteiger partial charge on any atom is -0.281 e. The predicted molar refractivity (Wildman–Crippen MR) is 34.9 cm³/mol. The van der Waals surface area contributed by atoms with Gasteiger partial charge in [-0.25, -0.2) is 0 Å². The van der Waals surface area contributed by atoms with Gasteiger partial charge in [0.1, 0.15) is 0 Å². The second-order valence-electron chi connectivity index (χ2n) is 1.54. The molecule has 0 bridgehead atoms. The van der Waals surface area contributed by atoms with Crippen molar-refractivity contribution < 1.29 is 4.79 Å². The maximum atomic E-state index is 10.0. The number of carbonyl (C=O) groups excluding carboxylic acids is 1. The highest BCUT2D eigenvalue weighted by Crippen LogP contribution is 1.98. The highest BCUT2D eigenvalue weighted by atomic mass is 35.5. The van der Waals surface area contributed by atoms with Crippen molar-refractivity contribution in [2.45, 2.75) is 19.3 Å². The first-order chi connectivity index (χ1) is 3.77. The van der Waals surface area contributed by atoms with E-state index in [9.17, 15) is 4.79 Å². The van der Waals surface area contributed by atoms with Crippen LogP contribution in [0.4, 0.5) is 0 Å². The average molecular weight is 133 g/mol. The third-order valence-electron chi connectivity index (χ3n) is 0.782. The fourth-order valence-electron chi connectivity index (χ4n) is 0.385. The molecule has 0 aromatic heterocycles. The van der Waals surface area contributed by atoms with Crippen molar-refractivity contribution >= 4 is 16.8 Å². The summed E-state index contributed by atoms with van der Waals surface area (Å²) in [6, 6.07) is 0. The van der Waals surface area contributed by atoms with Gasteiger partial charge < -0.3 is 0 Å². The summed E-state index contributed by atoms with van der Waals surface area (Å²) in [4.78, 5) is 10.0. The molecule has 46 valence electrons. The maximum absolute atomic E-state index is 10.0. The fraction of sp³-hybridized carbons (Fsp3) is 0.500. The Morgan fingerprint density at radius 3 is 2.75 bits per heavy atom. The van der Waals surface area contributed by atoms with Crippen LogP contribution in [0.3, 0.4) is 0 Å². The van der Waals surface area contributed by atoms with Crippen LogP contribution in [0, 0.1) is 0 Å². The Morgan fingerprint density at radius 1 is 1.75 bits per heavy atom. The molecule has 0 aromatic rings. The van der Waals surface area contributed by atoms with E-state index in [-0.39, 0.29) is 5.24 Å². The number of rotatable bonds is 4. The highest BCUT2D eigenvalue weighted by Gasteiger charge is 1.91. The molecule has 0 aliphatic rings. The summed E-state index contributed by atoms with van der Waals surface area (Å²) in [5, 5.41) is -0.258. The molecule has 0 saturated heterocycles. The molecule has 8 heavy (non-hydrogen) atoms. The number of hydrogen-bond acceptors (Lipinski definition) is 1. The van der Waals surface area contributed by atoms with Gasteiger partial charge in [-0.15, -0.1) is 6.58 Å². The van der Waals surface area contributed by atoms with Crippen LogP contribution in [0.5, 0.6) is 0 Å². The lowest BCUT2D eigenvalue weighted by Crippen LogP contribution is -1.83. The zero-order valence-electron chi connectivity index (χ0n) is 4.69. The molecule has 0 N–H and O–H groups in total. The molecule has 2 heteroatoms. The van der Waals surface area contributed by atoms with Crippen molar-refractivity contribution in [2.75, 3.05) is 0 Å². The molecule has 0 aliphatic heterocycles. The zero-order chi connectivity index (χ0) is 6.41. The van der Waals surface area contributed by atoms with E-state index in [1.165, 1.54) is 0 Å². The minimum absolute atomic E-state index is 0.258. The van der Waals surface area contributed by atoms with E-state index in [2.05, 4.69) is 6.58 Å². The molecule has 0 saturated carbocycles. The molecule has 0 unspecified atom stereocenters. The van der Waals surface area contributed by atoms with Crippen molar-refractivity contribution in [3.63, 3.8) is 0 Å². The Hall–Kier alpha value is -0.300. The molecule has 0 amide bonds. The van der Waals surface area contributed by atoms with E-state index < -0.39 is 0 Å². The Kier molecular flexibility index (Phi) is 4.67. The van der Waals surface area contributed by atoms with E-state index in [0.717, 1.165) is 12.8 Å². The molecule has 0 atom stereocenters. The SMILES string of the molecule is C=CCCCC(=O)Cl. The molecule has 0 heterocycles. The largest absolute Gasteiger partial charge is 0.281 e. The second kappa shape index (κ2) is 4.85. The van der Waals surface area contributed by atoms with Crippen molar-refractivity contribution in [3.05, 3.63) is 12.7 Å². The summed E-state index contributed by atoms with van der Waals surface area (Å²) in [7, 11) is 0. The second-order valence-corrected chi connectivity index (χ2v) is 1.96. The Bertz CT molecular complexity index is 88.5. The number of allylic oxidation sites excluding steroid dienone is 1. The molecule has 0 aliphatic carbocycles. The lowest BCUT2D eigenvalue weighted by Gasteiger charge is -1.86. The molecule has 1 nitrogen and oxygen atoms in total. The van der Waals surface area contributed by atoms with Gasteiger partial charge >= 0.3 is 0 Å². The van der Waals surface area contributed by atoms with Gasteiger partial charge in [0.2, 0.25) is 5.24 Å². The van der Waals surface area contributed by atoms with Crippen LogP contribution in [0.2, 0.25) is 0 Å². The van der Waals surface area contributed by atoms with Gasteiger partial charge in [0.25, 0.3) is 0 Å². The van der Waals surface area contributed by atoms with Crippen LogP contribution >= 0.6 is 11.6 Å². The van der Waals surface area contributed by atoms with Gasteiger partial charge in [-0.2, -0.15) is 0 Å². The number of halogens is 1. The third kappa shape index (κ3) is 5.70. The summed E-state index contributed by atoms with van der Waals surface area (Å²) >= 11 is 5.04. The molecule has 0 fully saturated rings. The van der Waals surface area contributed by atoms with E-state index >= 15 is 0 Å². The van der Waals surface area contributed by atoms with E-state index in [1.807, 2.05) is 0 Å². The molecule has 0 spiro atoms. The summed E-state index contributed by atoms with van der Waals surface area (Å²) in [5.41, 5.74) is 0. The van der Waals surface area contributed by atoms with Gasteiger partial charge in [-0.3, -0.25) is 4.79 Å². The smallest absolute Gasteiger partial charge is 0.221 e. The lowest BCUT2D eigenvalue weighted by molar-refractivity contribution is -0.111. The number of unbranched alkanes of at least 4 members (excludes halogenated alkanes) is 1. The van der Waals surface area contributed by atoms with Crippen LogP contribution in [0.1, 0.15) is 19.3 Å². The first-order valence-corrected chi connectivity index (χ1v) is 2.94. The van der Waals surface area contributed by atoms with Crippen LogP contribution < -0.4 is 0 Å². The zero-order valence-corrected chi connectivity index (χ0v) is 5.45. The van der Waals surface area contributed by atoms with E-state index in [1.54, 1.807) is 6.08 Å². The lowest BCUT2D eigenvalue weighted by atomic mass is 10.2. The van der Waals surface area contributed by atoms with Gasteiger partial charge in [0, 0.05) is 6.42 Å². The van der Waals surface area contributed by atoms with Crippen molar-refractivity contribution in [1.82, 2.24) is 0 Å². The van der Waals surface area contributed by atoms with Crippen molar-refractivity contribution in [2.24, 2.45) is 0 Å². The molecular weight excluding hydrogens is 124 g/mol. The van der Waals surface area contributed by atoms with Gasteiger partial charge in [-0.1, -0.05) is 6.08 Å². The van der Waals surface area contributed by atoms with E-state index in [4.69, 9.17) is 11.6 Å². The number of carbonyl (C=O) groups is 1. The molecule has 0 radical (unpaired) electrons. The third-order valence-corrected chi connectivity index (χ3v) is 0.971. The van der Waals surface area contributed by atoms with E-state index in [0.29, 0.717) is 6.42 Å². The van der Waals surface area contributed by atoms with Gasteiger partial charge in [-0.05, 0) is 24.4 Å². The molecular formula is C6H9ClO. The number of hydrogen-bond donors (Lipinski definition) is 0. The van der Waals surface area contributed by atoms with Crippen LogP contribution in [0.15, 0.2) is 12.7 Å². The predicted octanol–water partition coefficient (Wildman–Crippen LogP) is 2.11. The average Bonchev–Trinajstić information content (AvgIpc) is 1.66.